The highest BCUT2D eigenvalue weighted by Gasteiger charge is 2.62. The van der Waals surface area contributed by atoms with E-state index in [9.17, 15) is 4.79 Å². The van der Waals surface area contributed by atoms with Crippen molar-refractivity contribution in [2.75, 3.05) is 30.9 Å². The molecular formula is C21H23N3O2. The van der Waals surface area contributed by atoms with Crippen molar-refractivity contribution in [1.29, 1.82) is 0 Å². The van der Waals surface area contributed by atoms with Gasteiger partial charge in [-0.3, -0.25) is 4.79 Å². The van der Waals surface area contributed by atoms with Crippen LogP contribution in [0.1, 0.15) is 23.5 Å². The number of hydrogen-bond acceptors (Lipinski definition) is 5. The molecule has 2 aromatic rings. The first-order valence-electron chi connectivity index (χ1n) is 9.17. The van der Waals surface area contributed by atoms with Crippen molar-refractivity contribution in [3.8, 4) is 0 Å². The molecule has 0 saturated carbocycles. The summed E-state index contributed by atoms with van der Waals surface area (Å²) in [5, 5.41) is 7.21. The van der Waals surface area contributed by atoms with Gasteiger partial charge in [0.15, 0.2) is 0 Å². The molecule has 134 valence electrons. The highest BCUT2D eigenvalue weighted by atomic mass is 16.5. The average molecular weight is 349 g/mol. The van der Waals surface area contributed by atoms with Crippen LogP contribution in [0.5, 0.6) is 0 Å². The van der Waals surface area contributed by atoms with Gasteiger partial charge in [0, 0.05) is 29.8 Å². The van der Waals surface area contributed by atoms with Gasteiger partial charge < -0.3 is 20.3 Å². The van der Waals surface area contributed by atoms with Crippen molar-refractivity contribution in [1.82, 2.24) is 5.32 Å². The van der Waals surface area contributed by atoms with Crippen molar-refractivity contribution in [2.24, 2.45) is 0 Å². The monoisotopic (exact) mass is 349 g/mol. The lowest BCUT2D eigenvalue weighted by Gasteiger charge is -2.53. The molecule has 1 spiro atoms. The van der Waals surface area contributed by atoms with Crippen LogP contribution in [0.25, 0.3) is 0 Å². The molecule has 0 radical (unpaired) electrons. The minimum atomic E-state index is -0.348. The SMILES string of the molecule is COC(=O)[C@@H]1NCC[C@]23c4ccccc4N(C)[C@H]2Nc2ccccc2[C@@H]13. The molecule has 0 aromatic heterocycles. The molecule has 2 aromatic carbocycles. The van der Waals surface area contributed by atoms with E-state index < -0.39 is 0 Å². The maximum absolute atomic E-state index is 12.7. The average Bonchev–Trinajstić information content (AvgIpc) is 2.93. The molecule has 26 heavy (non-hydrogen) atoms. The number of methoxy groups -OCH3 is 1. The Morgan fingerprint density at radius 1 is 1.19 bits per heavy atom. The van der Waals surface area contributed by atoms with E-state index in [1.54, 1.807) is 0 Å². The van der Waals surface area contributed by atoms with Crippen LogP contribution in [0.2, 0.25) is 0 Å². The topological polar surface area (TPSA) is 53.6 Å². The van der Waals surface area contributed by atoms with Crippen molar-refractivity contribution in [2.45, 2.75) is 30.0 Å². The van der Waals surface area contributed by atoms with Crippen LogP contribution < -0.4 is 15.5 Å². The summed E-state index contributed by atoms with van der Waals surface area (Å²) >= 11 is 0. The predicted molar refractivity (Wildman–Crippen MR) is 102 cm³/mol. The van der Waals surface area contributed by atoms with Gasteiger partial charge in [-0.1, -0.05) is 36.4 Å². The Kier molecular flexibility index (Phi) is 3.31. The Labute approximate surface area is 153 Å². The van der Waals surface area contributed by atoms with E-state index in [1.807, 2.05) is 6.07 Å². The third-order valence-electron chi connectivity index (χ3n) is 6.50. The van der Waals surface area contributed by atoms with Gasteiger partial charge in [0.05, 0.1) is 7.11 Å². The summed E-state index contributed by atoms with van der Waals surface area (Å²) in [6, 6.07) is 16.6. The first-order valence-corrected chi connectivity index (χ1v) is 9.17. The van der Waals surface area contributed by atoms with Crippen molar-refractivity contribution >= 4 is 17.3 Å². The number of nitrogens with zero attached hydrogens (tertiary/aromatic N) is 1. The Bertz CT molecular complexity index is 883. The van der Waals surface area contributed by atoms with E-state index in [-0.39, 0.29) is 29.5 Å². The van der Waals surface area contributed by atoms with Crippen molar-refractivity contribution in [3.05, 3.63) is 59.7 Å². The van der Waals surface area contributed by atoms with Gasteiger partial charge in [0.25, 0.3) is 0 Å². The lowest BCUT2D eigenvalue weighted by atomic mass is 9.58. The highest BCUT2D eigenvalue weighted by molar-refractivity contribution is 5.82. The predicted octanol–water partition coefficient (Wildman–Crippen LogP) is 2.44. The number of likely N-dealkylation sites (N-methyl/N-ethyl adjacent to an activating group) is 1. The molecule has 3 aliphatic heterocycles. The Morgan fingerprint density at radius 3 is 2.81 bits per heavy atom. The fraction of sp³-hybridized carbons (Fsp3) is 0.381. The van der Waals surface area contributed by atoms with Gasteiger partial charge in [0.1, 0.15) is 12.2 Å². The number of ether oxygens (including phenoxy) is 1. The largest absolute Gasteiger partial charge is 0.468 e. The molecule has 3 heterocycles. The van der Waals surface area contributed by atoms with Crippen LogP contribution in [0.4, 0.5) is 11.4 Å². The number of para-hydroxylation sites is 2. The third-order valence-corrected chi connectivity index (χ3v) is 6.50. The number of carbonyl (C=O) groups is 1. The number of fused-ring (bicyclic) bond motifs is 3. The van der Waals surface area contributed by atoms with Gasteiger partial charge >= 0.3 is 5.97 Å². The van der Waals surface area contributed by atoms with Crippen LogP contribution in [-0.2, 0) is 14.9 Å². The van der Waals surface area contributed by atoms with Gasteiger partial charge in [-0.2, -0.15) is 0 Å². The molecule has 5 rings (SSSR count). The number of nitrogens with one attached hydrogen (secondary N) is 2. The number of anilines is 2. The summed E-state index contributed by atoms with van der Waals surface area (Å²) < 4.78 is 5.18. The van der Waals surface area contributed by atoms with Crippen molar-refractivity contribution in [3.63, 3.8) is 0 Å². The second-order valence-corrected chi connectivity index (χ2v) is 7.49. The third kappa shape index (κ3) is 1.81. The van der Waals surface area contributed by atoms with Crippen molar-refractivity contribution < 1.29 is 9.53 Å². The maximum atomic E-state index is 12.7. The number of piperidine rings is 1. The molecule has 1 fully saturated rings. The Morgan fingerprint density at radius 2 is 1.96 bits per heavy atom. The summed E-state index contributed by atoms with van der Waals surface area (Å²) in [7, 11) is 3.62. The number of hydrogen-bond donors (Lipinski definition) is 2. The normalized spacial score (nSPS) is 31.2. The number of rotatable bonds is 1. The molecule has 3 aliphatic rings. The molecule has 0 aliphatic carbocycles. The summed E-state index contributed by atoms with van der Waals surface area (Å²) in [5.41, 5.74) is 4.71. The minimum absolute atomic E-state index is 0.0252. The van der Waals surface area contributed by atoms with E-state index in [1.165, 1.54) is 23.9 Å². The fourth-order valence-electron chi connectivity index (χ4n) is 5.50. The molecule has 5 heteroatoms. The lowest BCUT2D eigenvalue weighted by Crippen LogP contribution is -2.64. The summed E-state index contributed by atoms with van der Waals surface area (Å²) in [6.45, 7) is 0.790. The quantitative estimate of drug-likeness (QED) is 0.775. The van der Waals surface area contributed by atoms with E-state index in [0.29, 0.717) is 0 Å². The lowest BCUT2D eigenvalue weighted by molar-refractivity contribution is -0.145. The molecule has 5 nitrogen and oxygen atoms in total. The fourth-order valence-corrected chi connectivity index (χ4v) is 5.50. The van der Waals surface area contributed by atoms with Gasteiger partial charge in [-0.25, -0.2) is 0 Å². The van der Waals surface area contributed by atoms with Gasteiger partial charge in [-0.05, 0) is 36.2 Å². The van der Waals surface area contributed by atoms with Gasteiger partial charge in [0.2, 0.25) is 0 Å². The van der Waals surface area contributed by atoms with E-state index >= 15 is 0 Å². The second kappa shape index (κ2) is 5.48. The summed E-state index contributed by atoms with van der Waals surface area (Å²) in [5.74, 6) is -0.159. The zero-order valence-corrected chi connectivity index (χ0v) is 15.0. The number of carbonyl (C=O) groups excluding carboxylic acids is 1. The zero-order valence-electron chi connectivity index (χ0n) is 15.0. The van der Waals surface area contributed by atoms with Crippen LogP contribution in [0.3, 0.4) is 0 Å². The van der Waals surface area contributed by atoms with E-state index in [4.69, 9.17) is 4.74 Å². The Balaban J connectivity index is 1.79. The molecule has 2 N–H and O–H groups in total. The Hall–Kier alpha value is -2.53. The molecule has 4 atom stereocenters. The van der Waals surface area contributed by atoms with E-state index in [0.717, 1.165) is 18.7 Å². The van der Waals surface area contributed by atoms with Gasteiger partial charge in [-0.15, -0.1) is 0 Å². The molecular weight excluding hydrogens is 326 g/mol. The first kappa shape index (κ1) is 15.7. The van der Waals surface area contributed by atoms with Crippen LogP contribution in [0.15, 0.2) is 48.5 Å². The van der Waals surface area contributed by atoms with Crippen LogP contribution in [0, 0.1) is 0 Å². The van der Waals surface area contributed by atoms with Crippen LogP contribution >= 0.6 is 0 Å². The highest BCUT2D eigenvalue weighted by Crippen LogP contribution is 2.59. The number of esters is 1. The second-order valence-electron chi connectivity index (χ2n) is 7.49. The molecule has 0 amide bonds. The smallest absolute Gasteiger partial charge is 0.323 e. The number of benzene rings is 2. The zero-order chi connectivity index (χ0) is 17.9. The first-order chi connectivity index (χ1) is 12.7. The molecule has 0 bridgehead atoms. The molecule has 0 unspecified atom stereocenters. The summed E-state index contributed by atoms with van der Waals surface area (Å²) in [6.07, 6.45) is 1.09. The molecule has 1 saturated heterocycles. The standard InChI is InChI=1S/C21H23N3O2/c1-24-16-10-6-4-8-14(16)21-11-12-22-18(19(25)26-2)17(21)13-7-3-5-9-15(13)23-20(21)24/h3-10,17-18,20,22-23H,11-12H2,1-2H3/t17-,18+,20+,21+/m0/s1. The van der Waals surface area contributed by atoms with Crippen LogP contribution in [-0.4, -0.2) is 38.9 Å². The summed E-state index contributed by atoms with van der Waals surface area (Å²) in [4.78, 5) is 15.0. The van der Waals surface area contributed by atoms with E-state index in [2.05, 4.69) is 65.0 Å². The minimum Gasteiger partial charge on any atom is -0.468 e. The maximum Gasteiger partial charge on any atom is 0.323 e.